The number of rotatable bonds is 13. The highest BCUT2D eigenvalue weighted by atomic mass is 32.2. The summed E-state index contributed by atoms with van der Waals surface area (Å²) < 4.78 is 65.8. The van der Waals surface area contributed by atoms with Crippen molar-refractivity contribution in [3.63, 3.8) is 0 Å². The summed E-state index contributed by atoms with van der Waals surface area (Å²) in [5.41, 5.74) is 1.62. The summed E-state index contributed by atoms with van der Waals surface area (Å²) in [5.74, 6) is 0.0185. The van der Waals surface area contributed by atoms with Crippen LogP contribution in [0.15, 0.2) is 82.6 Å². The van der Waals surface area contributed by atoms with Crippen LogP contribution in [-0.2, 0) is 31.4 Å². The Morgan fingerprint density at radius 2 is 1.45 bits per heavy atom. The van der Waals surface area contributed by atoms with Gasteiger partial charge in [-0.25, -0.2) is 21.6 Å². The molecule has 1 amide bonds. The van der Waals surface area contributed by atoms with E-state index in [0.717, 1.165) is 9.87 Å². The van der Waals surface area contributed by atoms with E-state index in [1.54, 1.807) is 42.5 Å². The van der Waals surface area contributed by atoms with Gasteiger partial charge in [0.05, 0.1) is 30.6 Å². The Morgan fingerprint density at radius 1 is 0.816 bits per heavy atom. The summed E-state index contributed by atoms with van der Waals surface area (Å²) in [4.78, 5) is 12.8. The van der Waals surface area contributed by atoms with Gasteiger partial charge in [0, 0.05) is 25.7 Å². The van der Waals surface area contributed by atoms with E-state index in [4.69, 9.17) is 9.47 Å². The quantitative estimate of drug-likeness (QED) is 0.306. The summed E-state index contributed by atoms with van der Waals surface area (Å²) in [6.07, 6.45) is 0. The summed E-state index contributed by atoms with van der Waals surface area (Å²) >= 11 is 0. The molecule has 204 valence electrons. The highest BCUT2D eigenvalue weighted by molar-refractivity contribution is 7.89. The fraction of sp³-hybridized carbons (Fsp3) is 0.269. The zero-order chi connectivity index (χ0) is 27.8. The van der Waals surface area contributed by atoms with Crippen molar-refractivity contribution in [2.75, 3.05) is 33.9 Å². The van der Waals surface area contributed by atoms with E-state index >= 15 is 0 Å². The monoisotopic (exact) mass is 561 g/mol. The minimum absolute atomic E-state index is 0.0283. The normalized spacial score (nSPS) is 11.8. The van der Waals surface area contributed by atoms with E-state index < -0.39 is 32.5 Å². The Hall–Kier alpha value is -3.45. The first-order valence-electron chi connectivity index (χ1n) is 11.7. The number of amides is 1. The number of hydrogen-bond acceptors (Lipinski definition) is 7. The first-order valence-corrected chi connectivity index (χ1v) is 14.6. The average Bonchev–Trinajstić information content (AvgIpc) is 2.91. The number of sulfonamides is 2. The van der Waals surface area contributed by atoms with Crippen LogP contribution < -0.4 is 19.5 Å². The summed E-state index contributed by atoms with van der Waals surface area (Å²) in [5, 5.41) is 2.58. The van der Waals surface area contributed by atoms with Crippen molar-refractivity contribution in [3.8, 4) is 11.5 Å². The number of hydrogen-bond donors (Lipinski definition) is 2. The minimum Gasteiger partial charge on any atom is -0.493 e. The average molecular weight is 562 g/mol. The number of carbonyl (C=O) groups is 1. The molecule has 0 fully saturated rings. The summed E-state index contributed by atoms with van der Waals surface area (Å²) in [6.45, 7) is 1.23. The van der Waals surface area contributed by atoms with Gasteiger partial charge in [-0.1, -0.05) is 48.0 Å². The van der Waals surface area contributed by atoms with E-state index in [9.17, 15) is 21.6 Å². The van der Waals surface area contributed by atoms with Crippen LogP contribution in [0.25, 0.3) is 0 Å². The molecule has 0 aliphatic heterocycles. The third-order valence-electron chi connectivity index (χ3n) is 5.59. The first kappa shape index (κ1) is 29.1. The van der Waals surface area contributed by atoms with Gasteiger partial charge in [-0.2, -0.15) is 4.31 Å². The third kappa shape index (κ3) is 7.54. The number of carbonyl (C=O) groups excluding carboxylic acids is 1. The molecule has 3 rings (SSSR count). The molecule has 0 bridgehead atoms. The molecule has 3 aromatic carbocycles. The Bertz CT molecular complexity index is 1440. The van der Waals surface area contributed by atoms with Crippen molar-refractivity contribution in [1.82, 2.24) is 14.3 Å². The van der Waals surface area contributed by atoms with Gasteiger partial charge in [0.1, 0.15) is 0 Å². The first-order chi connectivity index (χ1) is 18.1. The summed E-state index contributed by atoms with van der Waals surface area (Å²) in [6, 6.07) is 19.4. The Labute approximate surface area is 223 Å². The van der Waals surface area contributed by atoms with E-state index in [0.29, 0.717) is 11.3 Å². The van der Waals surface area contributed by atoms with Crippen LogP contribution in [0.5, 0.6) is 11.5 Å². The van der Waals surface area contributed by atoms with Crippen LogP contribution in [0.3, 0.4) is 0 Å². The van der Waals surface area contributed by atoms with Gasteiger partial charge < -0.3 is 14.8 Å². The number of nitrogens with one attached hydrogen (secondary N) is 2. The SMILES string of the molecule is COc1ccc(S(=O)(=O)N(CC(=O)NCCNS(=O)(=O)c2ccc(C)cc2)Cc2ccccc2)cc1OC. The van der Waals surface area contributed by atoms with Gasteiger partial charge in [-0.05, 0) is 36.8 Å². The molecule has 0 saturated heterocycles. The molecule has 0 saturated carbocycles. The van der Waals surface area contributed by atoms with Crippen molar-refractivity contribution < 1.29 is 31.1 Å². The van der Waals surface area contributed by atoms with E-state index in [-0.39, 0.29) is 35.2 Å². The number of methoxy groups -OCH3 is 2. The maximum atomic E-state index is 13.5. The zero-order valence-corrected chi connectivity index (χ0v) is 23.0. The summed E-state index contributed by atoms with van der Waals surface area (Å²) in [7, 11) is -5.02. The van der Waals surface area contributed by atoms with Crippen LogP contribution >= 0.6 is 0 Å². The zero-order valence-electron chi connectivity index (χ0n) is 21.4. The molecule has 2 N–H and O–H groups in total. The minimum atomic E-state index is -4.12. The molecule has 0 spiro atoms. The van der Waals surface area contributed by atoms with Crippen LogP contribution in [0.1, 0.15) is 11.1 Å². The molecule has 12 heteroatoms. The molecule has 0 unspecified atom stereocenters. The Balaban J connectivity index is 1.70. The van der Waals surface area contributed by atoms with Gasteiger partial charge in [0.15, 0.2) is 11.5 Å². The topological polar surface area (TPSA) is 131 Å². The second kappa shape index (κ2) is 12.9. The highest BCUT2D eigenvalue weighted by Crippen LogP contribution is 2.31. The highest BCUT2D eigenvalue weighted by Gasteiger charge is 2.28. The molecular weight excluding hydrogens is 530 g/mol. The smallest absolute Gasteiger partial charge is 0.243 e. The fourth-order valence-electron chi connectivity index (χ4n) is 3.54. The lowest BCUT2D eigenvalue weighted by atomic mass is 10.2. The number of benzene rings is 3. The molecule has 0 heterocycles. The molecule has 0 radical (unpaired) electrons. The molecule has 3 aromatic rings. The van der Waals surface area contributed by atoms with Gasteiger partial charge in [-0.3, -0.25) is 4.79 Å². The van der Waals surface area contributed by atoms with E-state index in [2.05, 4.69) is 10.0 Å². The number of ether oxygens (including phenoxy) is 2. The third-order valence-corrected chi connectivity index (χ3v) is 8.85. The Kier molecular flexibility index (Phi) is 9.86. The van der Waals surface area contributed by atoms with Crippen molar-refractivity contribution >= 4 is 26.0 Å². The maximum Gasteiger partial charge on any atom is 0.243 e. The van der Waals surface area contributed by atoms with Crippen molar-refractivity contribution in [2.45, 2.75) is 23.3 Å². The van der Waals surface area contributed by atoms with E-state index in [1.807, 2.05) is 6.92 Å². The molecule has 0 aliphatic carbocycles. The van der Waals surface area contributed by atoms with Gasteiger partial charge in [-0.15, -0.1) is 0 Å². The van der Waals surface area contributed by atoms with Crippen molar-refractivity contribution in [3.05, 3.63) is 83.9 Å². The predicted octanol–water partition coefficient (Wildman–Crippen LogP) is 2.30. The maximum absolute atomic E-state index is 13.5. The molecule has 10 nitrogen and oxygen atoms in total. The van der Waals surface area contributed by atoms with Gasteiger partial charge in [0.2, 0.25) is 26.0 Å². The number of nitrogens with zero attached hydrogens (tertiary/aromatic N) is 1. The lowest BCUT2D eigenvalue weighted by Gasteiger charge is -2.22. The van der Waals surface area contributed by atoms with Crippen LogP contribution in [0.2, 0.25) is 0 Å². The van der Waals surface area contributed by atoms with Gasteiger partial charge >= 0.3 is 0 Å². The molecule has 0 aromatic heterocycles. The second-order valence-electron chi connectivity index (χ2n) is 8.34. The Morgan fingerprint density at radius 3 is 2.08 bits per heavy atom. The van der Waals surface area contributed by atoms with Crippen LogP contribution in [-0.4, -0.2) is 60.9 Å². The van der Waals surface area contributed by atoms with Crippen molar-refractivity contribution in [2.24, 2.45) is 0 Å². The lowest BCUT2D eigenvalue weighted by Crippen LogP contribution is -2.42. The number of aryl methyl sites for hydroxylation is 1. The van der Waals surface area contributed by atoms with Crippen LogP contribution in [0.4, 0.5) is 0 Å². The van der Waals surface area contributed by atoms with Gasteiger partial charge in [0.25, 0.3) is 0 Å². The second-order valence-corrected chi connectivity index (χ2v) is 12.0. The van der Waals surface area contributed by atoms with Crippen LogP contribution in [0, 0.1) is 6.92 Å². The molecule has 0 aliphatic rings. The molecule has 0 atom stereocenters. The predicted molar refractivity (Wildman–Crippen MR) is 143 cm³/mol. The van der Waals surface area contributed by atoms with Crippen molar-refractivity contribution in [1.29, 1.82) is 0 Å². The fourth-order valence-corrected chi connectivity index (χ4v) is 5.98. The lowest BCUT2D eigenvalue weighted by molar-refractivity contribution is -0.121. The standard InChI is InChI=1S/C26H31N3O7S2/c1-20-9-11-22(12-10-20)37(31,32)28-16-15-27-26(30)19-29(18-21-7-5-4-6-8-21)38(33,34)23-13-14-24(35-2)25(17-23)36-3/h4-14,17,28H,15-16,18-19H2,1-3H3,(H,27,30). The molecular formula is C26H31N3O7S2. The van der Waals surface area contributed by atoms with E-state index in [1.165, 1.54) is 44.6 Å². The largest absolute Gasteiger partial charge is 0.493 e. The molecule has 38 heavy (non-hydrogen) atoms.